The van der Waals surface area contributed by atoms with Crippen LogP contribution in [-0.4, -0.2) is 26.3 Å². The molecule has 0 fully saturated rings. The van der Waals surface area contributed by atoms with Gasteiger partial charge in [-0.1, -0.05) is 6.92 Å². The summed E-state index contributed by atoms with van der Waals surface area (Å²) in [6, 6.07) is 1.92. The molecule has 18 heavy (non-hydrogen) atoms. The SMILES string of the molecule is Cc1nc(-c2ccn(C)n2)nc(C)c1C(C)CN. The van der Waals surface area contributed by atoms with Gasteiger partial charge in [0, 0.05) is 24.6 Å². The molecular weight excluding hydrogens is 226 g/mol. The lowest BCUT2D eigenvalue weighted by Crippen LogP contribution is -2.14. The summed E-state index contributed by atoms with van der Waals surface area (Å²) in [5.74, 6) is 0.960. The maximum absolute atomic E-state index is 5.72. The summed E-state index contributed by atoms with van der Waals surface area (Å²) >= 11 is 0. The van der Waals surface area contributed by atoms with E-state index in [9.17, 15) is 0 Å². The zero-order valence-electron chi connectivity index (χ0n) is 11.3. The Morgan fingerprint density at radius 1 is 1.28 bits per heavy atom. The molecular formula is C13H19N5. The summed E-state index contributed by atoms with van der Waals surface area (Å²) in [6.45, 7) is 6.71. The van der Waals surface area contributed by atoms with E-state index < -0.39 is 0 Å². The van der Waals surface area contributed by atoms with Crippen molar-refractivity contribution in [2.24, 2.45) is 12.8 Å². The van der Waals surface area contributed by atoms with Gasteiger partial charge in [-0.25, -0.2) is 9.97 Å². The van der Waals surface area contributed by atoms with Crippen molar-refractivity contribution in [3.63, 3.8) is 0 Å². The normalized spacial score (nSPS) is 12.7. The summed E-state index contributed by atoms with van der Waals surface area (Å²) in [6.07, 6.45) is 1.89. The van der Waals surface area contributed by atoms with Crippen molar-refractivity contribution < 1.29 is 0 Å². The van der Waals surface area contributed by atoms with Crippen LogP contribution in [-0.2, 0) is 7.05 Å². The number of aryl methyl sites for hydroxylation is 3. The van der Waals surface area contributed by atoms with Crippen molar-refractivity contribution in [1.82, 2.24) is 19.7 Å². The molecule has 2 rings (SSSR count). The van der Waals surface area contributed by atoms with Crippen molar-refractivity contribution in [1.29, 1.82) is 0 Å². The largest absolute Gasteiger partial charge is 0.330 e. The van der Waals surface area contributed by atoms with Crippen molar-refractivity contribution in [3.05, 3.63) is 29.2 Å². The van der Waals surface area contributed by atoms with Crippen LogP contribution < -0.4 is 5.73 Å². The van der Waals surface area contributed by atoms with Crippen LogP contribution in [0.1, 0.15) is 29.8 Å². The molecule has 0 saturated carbocycles. The number of hydrogen-bond acceptors (Lipinski definition) is 4. The minimum atomic E-state index is 0.280. The molecule has 2 heterocycles. The Labute approximate surface area is 107 Å². The predicted octanol–water partition coefficient (Wildman–Crippen LogP) is 1.56. The molecule has 0 spiro atoms. The van der Waals surface area contributed by atoms with Crippen LogP contribution in [0, 0.1) is 13.8 Å². The predicted molar refractivity (Wildman–Crippen MR) is 71.2 cm³/mol. The summed E-state index contributed by atoms with van der Waals surface area (Å²) in [5, 5.41) is 4.32. The Morgan fingerprint density at radius 3 is 2.33 bits per heavy atom. The Balaban J connectivity index is 2.48. The molecule has 96 valence electrons. The maximum atomic E-state index is 5.72. The van der Waals surface area contributed by atoms with E-state index in [1.807, 2.05) is 33.2 Å². The highest BCUT2D eigenvalue weighted by molar-refractivity contribution is 5.50. The second-order valence-corrected chi connectivity index (χ2v) is 4.64. The molecule has 0 aromatic carbocycles. The van der Waals surface area contributed by atoms with Crippen LogP contribution in [0.5, 0.6) is 0 Å². The highest BCUT2D eigenvalue weighted by atomic mass is 15.3. The van der Waals surface area contributed by atoms with Crippen LogP contribution in [0.15, 0.2) is 12.3 Å². The number of nitrogens with two attached hydrogens (primary N) is 1. The molecule has 0 amide bonds. The van der Waals surface area contributed by atoms with E-state index in [4.69, 9.17) is 5.73 Å². The van der Waals surface area contributed by atoms with Gasteiger partial charge in [0.2, 0.25) is 0 Å². The Hall–Kier alpha value is -1.75. The smallest absolute Gasteiger partial charge is 0.180 e. The molecule has 2 aromatic rings. The van der Waals surface area contributed by atoms with Gasteiger partial charge in [0.25, 0.3) is 0 Å². The monoisotopic (exact) mass is 245 g/mol. The first-order chi connectivity index (χ1) is 8.52. The first-order valence-electron chi connectivity index (χ1n) is 6.08. The number of nitrogens with zero attached hydrogens (tertiary/aromatic N) is 4. The van der Waals surface area contributed by atoms with Crippen LogP contribution in [0.3, 0.4) is 0 Å². The van der Waals surface area contributed by atoms with Crippen molar-refractivity contribution >= 4 is 0 Å². The Bertz CT molecular complexity index is 535. The van der Waals surface area contributed by atoms with Crippen molar-refractivity contribution in [3.8, 4) is 11.5 Å². The molecule has 1 unspecified atom stereocenters. The lowest BCUT2D eigenvalue weighted by molar-refractivity contribution is 0.740. The molecule has 5 nitrogen and oxygen atoms in total. The molecule has 0 bridgehead atoms. The van der Waals surface area contributed by atoms with Crippen molar-refractivity contribution in [2.75, 3.05) is 6.54 Å². The molecule has 2 N–H and O–H groups in total. The quantitative estimate of drug-likeness (QED) is 0.890. The van der Waals surface area contributed by atoms with Crippen LogP contribution in [0.25, 0.3) is 11.5 Å². The minimum Gasteiger partial charge on any atom is -0.330 e. The fourth-order valence-electron chi connectivity index (χ4n) is 2.20. The van der Waals surface area contributed by atoms with Gasteiger partial charge in [-0.3, -0.25) is 4.68 Å². The fraction of sp³-hybridized carbons (Fsp3) is 0.462. The lowest BCUT2D eigenvalue weighted by atomic mass is 9.98. The number of rotatable bonds is 3. The molecule has 2 aromatic heterocycles. The van der Waals surface area contributed by atoms with Gasteiger partial charge in [0.15, 0.2) is 5.82 Å². The van der Waals surface area contributed by atoms with Gasteiger partial charge in [-0.2, -0.15) is 5.10 Å². The molecule has 1 atom stereocenters. The second-order valence-electron chi connectivity index (χ2n) is 4.64. The summed E-state index contributed by atoms with van der Waals surface area (Å²) in [5.41, 5.74) is 9.65. The van der Waals surface area contributed by atoms with E-state index in [0.717, 1.165) is 22.6 Å². The highest BCUT2D eigenvalue weighted by Crippen LogP contribution is 2.23. The molecule has 0 radical (unpaired) electrons. The lowest BCUT2D eigenvalue weighted by Gasteiger charge is -2.15. The van der Waals surface area contributed by atoms with Gasteiger partial charge >= 0.3 is 0 Å². The summed E-state index contributed by atoms with van der Waals surface area (Å²) in [4.78, 5) is 9.09. The zero-order valence-corrected chi connectivity index (χ0v) is 11.3. The second kappa shape index (κ2) is 4.86. The number of aromatic nitrogens is 4. The summed E-state index contributed by atoms with van der Waals surface area (Å²) < 4.78 is 1.75. The van der Waals surface area contributed by atoms with Gasteiger partial charge < -0.3 is 5.73 Å². The van der Waals surface area contributed by atoms with E-state index in [0.29, 0.717) is 12.4 Å². The Morgan fingerprint density at radius 2 is 1.89 bits per heavy atom. The van der Waals surface area contributed by atoms with E-state index >= 15 is 0 Å². The number of hydrogen-bond donors (Lipinski definition) is 1. The molecule has 5 heteroatoms. The average Bonchev–Trinajstić information content (AvgIpc) is 2.74. The van der Waals surface area contributed by atoms with E-state index in [2.05, 4.69) is 22.0 Å². The first-order valence-corrected chi connectivity index (χ1v) is 6.08. The van der Waals surface area contributed by atoms with Gasteiger partial charge in [-0.15, -0.1) is 0 Å². The van der Waals surface area contributed by atoms with Crippen LogP contribution >= 0.6 is 0 Å². The van der Waals surface area contributed by atoms with E-state index in [1.54, 1.807) is 4.68 Å². The van der Waals surface area contributed by atoms with Gasteiger partial charge in [0.1, 0.15) is 5.69 Å². The van der Waals surface area contributed by atoms with Gasteiger partial charge in [0.05, 0.1) is 0 Å². The minimum absolute atomic E-state index is 0.280. The molecule has 0 aliphatic carbocycles. The van der Waals surface area contributed by atoms with Crippen LogP contribution in [0.2, 0.25) is 0 Å². The van der Waals surface area contributed by atoms with E-state index in [-0.39, 0.29) is 5.92 Å². The van der Waals surface area contributed by atoms with Crippen LogP contribution in [0.4, 0.5) is 0 Å². The molecule has 0 aliphatic heterocycles. The van der Waals surface area contributed by atoms with Crippen molar-refractivity contribution in [2.45, 2.75) is 26.7 Å². The van der Waals surface area contributed by atoms with E-state index in [1.165, 1.54) is 0 Å². The maximum Gasteiger partial charge on any atom is 0.180 e. The average molecular weight is 245 g/mol. The third kappa shape index (κ3) is 2.26. The third-order valence-electron chi connectivity index (χ3n) is 3.12. The topological polar surface area (TPSA) is 69.6 Å². The molecule has 0 aliphatic rings. The Kier molecular flexibility index (Phi) is 3.43. The summed E-state index contributed by atoms with van der Waals surface area (Å²) in [7, 11) is 1.88. The molecule has 0 saturated heterocycles. The van der Waals surface area contributed by atoms with Gasteiger partial charge in [-0.05, 0) is 37.9 Å². The third-order valence-corrected chi connectivity index (χ3v) is 3.12. The fourth-order valence-corrected chi connectivity index (χ4v) is 2.20. The first kappa shape index (κ1) is 12.7. The standard InChI is InChI=1S/C13H19N5/c1-8(7-14)12-9(2)15-13(16-10(12)3)11-5-6-18(4)17-11/h5-6,8H,7,14H2,1-4H3. The zero-order chi connectivity index (χ0) is 13.3. The highest BCUT2D eigenvalue weighted by Gasteiger charge is 2.15.